The summed E-state index contributed by atoms with van der Waals surface area (Å²) in [6, 6.07) is 1.64. The highest BCUT2D eigenvalue weighted by Crippen LogP contribution is 2.16. The van der Waals surface area contributed by atoms with E-state index in [0.717, 1.165) is 12.1 Å². The summed E-state index contributed by atoms with van der Waals surface area (Å²) in [5.74, 6) is 0. The summed E-state index contributed by atoms with van der Waals surface area (Å²) >= 11 is 0. The predicted molar refractivity (Wildman–Crippen MR) is 78.0 cm³/mol. The molecule has 0 saturated carbocycles. The summed E-state index contributed by atoms with van der Waals surface area (Å²) in [4.78, 5) is 5.06. The first-order valence-corrected chi connectivity index (χ1v) is 7.88. The minimum Gasteiger partial charge on any atom is -0.314 e. The van der Waals surface area contributed by atoms with E-state index in [4.69, 9.17) is 0 Å². The molecule has 0 amide bonds. The Morgan fingerprint density at radius 2 is 1.94 bits per heavy atom. The van der Waals surface area contributed by atoms with Crippen LogP contribution < -0.4 is 5.32 Å². The van der Waals surface area contributed by atoms with Gasteiger partial charge in [0.25, 0.3) is 0 Å². The molecular weight excluding hydrogens is 222 g/mol. The van der Waals surface area contributed by atoms with Crippen molar-refractivity contribution in [3.05, 3.63) is 0 Å². The van der Waals surface area contributed by atoms with Crippen molar-refractivity contribution in [2.45, 2.75) is 57.0 Å². The van der Waals surface area contributed by atoms with Crippen molar-refractivity contribution in [3.63, 3.8) is 0 Å². The minimum atomic E-state index is 0.810. The second-order valence-corrected chi connectivity index (χ2v) is 6.30. The highest BCUT2D eigenvalue weighted by atomic mass is 15.2. The Labute approximate surface area is 113 Å². The van der Waals surface area contributed by atoms with Crippen molar-refractivity contribution in [3.8, 4) is 0 Å². The maximum Gasteiger partial charge on any atom is 0.0117 e. The van der Waals surface area contributed by atoms with E-state index in [1.165, 1.54) is 71.1 Å². The van der Waals surface area contributed by atoms with E-state index in [-0.39, 0.29) is 0 Å². The fourth-order valence-corrected chi connectivity index (χ4v) is 3.38. The van der Waals surface area contributed by atoms with Gasteiger partial charge >= 0.3 is 0 Å². The molecule has 0 radical (unpaired) electrons. The zero-order chi connectivity index (χ0) is 12.8. The molecule has 18 heavy (non-hydrogen) atoms. The smallest absolute Gasteiger partial charge is 0.0117 e. The molecule has 1 atom stereocenters. The van der Waals surface area contributed by atoms with Crippen LogP contribution in [0.3, 0.4) is 0 Å². The van der Waals surface area contributed by atoms with Gasteiger partial charge in [-0.05, 0) is 78.8 Å². The lowest BCUT2D eigenvalue weighted by Gasteiger charge is -2.35. The third-order valence-corrected chi connectivity index (χ3v) is 4.79. The lowest BCUT2D eigenvalue weighted by Crippen LogP contribution is -2.42. The first kappa shape index (κ1) is 14.3. The molecule has 1 N–H and O–H groups in total. The van der Waals surface area contributed by atoms with Gasteiger partial charge in [0.15, 0.2) is 0 Å². The average molecular weight is 253 g/mol. The van der Waals surface area contributed by atoms with Crippen LogP contribution in [0.25, 0.3) is 0 Å². The number of likely N-dealkylation sites (tertiary alicyclic amines) is 1. The highest BCUT2D eigenvalue weighted by Gasteiger charge is 2.20. The molecule has 2 rings (SSSR count). The Bertz CT molecular complexity index is 218. The van der Waals surface area contributed by atoms with Crippen LogP contribution in [0.2, 0.25) is 0 Å². The molecule has 0 aromatic heterocycles. The number of rotatable bonds is 5. The van der Waals surface area contributed by atoms with Gasteiger partial charge in [-0.1, -0.05) is 6.42 Å². The van der Waals surface area contributed by atoms with Gasteiger partial charge in [0.05, 0.1) is 0 Å². The standard InChI is InChI=1S/C15H31N3/c1-17-12-8-15(9-13-17)18(2)11-5-7-14-6-3-4-10-16-14/h14-16H,3-13H2,1-2H3. The molecule has 2 heterocycles. The molecule has 106 valence electrons. The van der Waals surface area contributed by atoms with E-state index in [2.05, 4.69) is 29.2 Å². The van der Waals surface area contributed by atoms with E-state index < -0.39 is 0 Å². The normalized spacial score (nSPS) is 27.8. The Kier molecular flexibility index (Phi) is 5.93. The topological polar surface area (TPSA) is 18.5 Å². The Balaban J connectivity index is 1.57. The third-order valence-electron chi connectivity index (χ3n) is 4.79. The Morgan fingerprint density at radius 1 is 1.17 bits per heavy atom. The molecule has 0 aromatic carbocycles. The van der Waals surface area contributed by atoms with E-state index in [1.807, 2.05) is 0 Å². The van der Waals surface area contributed by atoms with Gasteiger partial charge in [-0.15, -0.1) is 0 Å². The Morgan fingerprint density at radius 3 is 2.61 bits per heavy atom. The molecule has 0 aromatic rings. The largest absolute Gasteiger partial charge is 0.314 e. The monoisotopic (exact) mass is 253 g/mol. The van der Waals surface area contributed by atoms with Crippen LogP contribution in [0.15, 0.2) is 0 Å². The van der Waals surface area contributed by atoms with Crippen molar-refractivity contribution in [1.82, 2.24) is 15.1 Å². The van der Waals surface area contributed by atoms with Gasteiger partial charge in [0.2, 0.25) is 0 Å². The second kappa shape index (κ2) is 7.46. The first-order valence-electron chi connectivity index (χ1n) is 7.88. The molecule has 3 heteroatoms. The summed E-state index contributed by atoms with van der Waals surface area (Å²) in [5, 5.41) is 3.65. The van der Waals surface area contributed by atoms with E-state index >= 15 is 0 Å². The lowest BCUT2D eigenvalue weighted by atomic mass is 9.99. The zero-order valence-electron chi connectivity index (χ0n) is 12.3. The molecule has 0 spiro atoms. The number of nitrogens with zero attached hydrogens (tertiary/aromatic N) is 2. The molecular formula is C15H31N3. The molecule has 3 nitrogen and oxygen atoms in total. The predicted octanol–water partition coefficient (Wildman–Crippen LogP) is 1.93. The van der Waals surface area contributed by atoms with Crippen LogP contribution in [-0.2, 0) is 0 Å². The van der Waals surface area contributed by atoms with E-state index in [9.17, 15) is 0 Å². The molecule has 2 fully saturated rings. The van der Waals surface area contributed by atoms with Gasteiger partial charge in [-0.25, -0.2) is 0 Å². The van der Waals surface area contributed by atoms with Gasteiger partial charge in [0, 0.05) is 12.1 Å². The van der Waals surface area contributed by atoms with Crippen LogP contribution in [0.5, 0.6) is 0 Å². The molecule has 1 unspecified atom stereocenters. The second-order valence-electron chi connectivity index (χ2n) is 6.30. The van der Waals surface area contributed by atoms with Crippen molar-refractivity contribution < 1.29 is 0 Å². The number of hydrogen-bond acceptors (Lipinski definition) is 3. The molecule has 0 aliphatic carbocycles. The summed E-state index contributed by atoms with van der Waals surface area (Å²) in [6.07, 6.45) is 9.66. The van der Waals surface area contributed by atoms with Crippen LogP contribution in [0, 0.1) is 0 Å². The van der Waals surface area contributed by atoms with Crippen molar-refractivity contribution in [1.29, 1.82) is 0 Å². The van der Waals surface area contributed by atoms with Crippen LogP contribution in [0.4, 0.5) is 0 Å². The number of hydrogen-bond donors (Lipinski definition) is 1. The highest BCUT2D eigenvalue weighted by molar-refractivity contribution is 4.78. The molecule has 0 bridgehead atoms. The molecule has 2 aliphatic heterocycles. The van der Waals surface area contributed by atoms with E-state index in [0.29, 0.717) is 0 Å². The number of nitrogens with one attached hydrogen (secondary N) is 1. The van der Waals surface area contributed by atoms with Crippen LogP contribution in [0.1, 0.15) is 44.9 Å². The first-order chi connectivity index (χ1) is 8.75. The van der Waals surface area contributed by atoms with Crippen molar-refractivity contribution in [2.24, 2.45) is 0 Å². The van der Waals surface area contributed by atoms with E-state index in [1.54, 1.807) is 0 Å². The van der Waals surface area contributed by atoms with Crippen molar-refractivity contribution in [2.75, 3.05) is 40.3 Å². The fraction of sp³-hybridized carbons (Fsp3) is 1.00. The molecule has 2 saturated heterocycles. The third kappa shape index (κ3) is 4.52. The maximum absolute atomic E-state index is 3.65. The maximum atomic E-state index is 3.65. The SMILES string of the molecule is CN1CCC(N(C)CCCC2CCCCN2)CC1. The summed E-state index contributed by atoms with van der Waals surface area (Å²) < 4.78 is 0. The van der Waals surface area contributed by atoms with Gasteiger partial charge in [-0.3, -0.25) is 0 Å². The zero-order valence-corrected chi connectivity index (χ0v) is 12.3. The van der Waals surface area contributed by atoms with Crippen LogP contribution in [-0.4, -0.2) is 62.2 Å². The van der Waals surface area contributed by atoms with Gasteiger partial charge in [0.1, 0.15) is 0 Å². The summed E-state index contributed by atoms with van der Waals surface area (Å²) in [5.41, 5.74) is 0. The quantitative estimate of drug-likeness (QED) is 0.808. The fourth-order valence-electron chi connectivity index (χ4n) is 3.38. The number of piperidine rings is 2. The summed E-state index contributed by atoms with van der Waals surface area (Å²) in [6.45, 7) is 5.08. The average Bonchev–Trinajstić information content (AvgIpc) is 2.40. The summed E-state index contributed by atoms with van der Waals surface area (Å²) in [7, 11) is 4.56. The van der Waals surface area contributed by atoms with Crippen molar-refractivity contribution >= 4 is 0 Å². The van der Waals surface area contributed by atoms with Crippen LogP contribution >= 0.6 is 0 Å². The van der Waals surface area contributed by atoms with Gasteiger partial charge in [-0.2, -0.15) is 0 Å². The minimum absolute atomic E-state index is 0.810. The lowest BCUT2D eigenvalue weighted by molar-refractivity contribution is 0.141. The Hall–Kier alpha value is -0.120. The van der Waals surface area contributed by atoms with Gasteiger partial charge < -0.3 is 15.1 Å². The molecule has 2 aliphatic rings.